The number of Topliss-reactive ketones (excluding diaryl/α,β-unsaturated/α-hetero) is 1. The van der Waals surface area contributed by atoms with E-state index in [9.17, 15) is 19.5 Å². The second kappa shape index (κ2) is 17.3. The molecule has 0 aromatic carbocycles. The highest BCUT2D eigenvalue weighted by molar-refractivity contribution is 6.00. The van der Waals surface area contributed by atoms with Gasteiger partial charge in [-0.1, -0.05) is 27.7 Å². The number of cyclic esters (lactones) is 1. The minimum Gasteiger partial charge on any atom is -0.457 e. The van der Waals surface area contributed by atoms with E-state index in [0.717, 1.165) is 0 Å². The van der Waals surface area contributed by atoms with E-state index in [1.54, 1.807) is 27.9 Å². The summed E-state index contributed by atoms with van der Waals surface area (Å²) in [5.74, 6) is -2.91. The van der Waals surface area contributed by atoms with Crippen LogP contribution >= 0.6 is 0 Å². The van der Waals surface area contributed by atoms with Crippen LogP contribution in [-0.2, 0) is 33.3 Å². The highest BCUT2D eigenvalue weighted by Gasteiger charge is 2.56. The molecule has 0 saturated carbocycles. The van der Waals surface area contributed by atoms with Crippen LogP contribution in [-0.4, -0.2) is 152 Å². The van der Waals surface area contributed by atoms with Gasteiger partial charge in [0.05, 0.1) is 23.9 Å². The number of aliphatic hydroxyl groups excluding tert-OH is 1. The van der Waals surface area contributed by atoms with Crippen molar-refractivity contribution in [1.82, 2.24) is 20.0 Å². The molecule has 3 aliphatic rings. The molecule has 0 aliphatic carbocycles. The van der Waals surface area contributed by atoms with Gasteiger partial charge >= 0.3 is 12.1 Å². The Bertz CT molecular complexity index is 1160. The van der Waals surface area contributed by atoms with E-state index in [4.69, 9.17) is 23.7 Å². The molecule has 3 rings (SSSR count). The van der Waals surface area contributed by atoms with Gasteiger partial charge in [-0.05, 0) is 94.4 Å². The number of aliphatic hydroxyl groups is 1. The number of carbonyl (C=O) groups excluding carboxylic acids is 3. The van der Waals surface area contributed by atoms with Crippen molar-refractivity contribution in [1.29, 1.82) is 0 Å². The van der Waals surface area contributed by atoms with Crippen LogP contribution in [0.15, 0.2) is 0 Å². The van der Waals surface area contributed by atoms with E-state index in [2.05, 4.69) is 35.9 Å². The number of hydrogen-bond acceptors (Lipinski definition) is 12. The van der Waals surface area contributed by atoms with Crippen LogP contribution in [0.25, 0.3) is 0 Å². The maximum atomic E-state index is 14.5. The fourth-order valence-electron chi connectivity index (χ4n) is 8.32. The predicted octanol–water partition coefficient (Wildman–Crippen LogP) is 3.30. The lowest BCUT2D eigenvalue weighted by Crippen LogP contribution is -2.60. The third-order valence-corrected chi connectivity index (χ3v) is 11.8. The summed E-state index contributed by atoms with van der Waals surface area (Å²) in [6, 6.07) is -0.619. The van der Waals surface area contributed by atoms with Crippen molar-refractivity contribution < 1.29 is 43.2 Å². The number of likely N-dealkylation sites (N-methyl/N-ethyl adjacent to an activating group) is 3. The number of nitrogens with one attached hydrogen (secondary N) is 1. The number of esters is 1. The van der Waals surface area contributed by atoms with E-state index in [1.807, 2.05) is 53.9 Å². The lowest BCUT2D eigenvalue weighted by Gasteiger charge is -2.47. The monoisotopic (exact) mass is 712 g/mol. The zero-order valence-corrected chi connectivity index (χ0v) is 33.2. The van der Waals surface area contributed by atoms with Gasteiger partial charge in [0.25, 0.3) is 0 Å². The van der Waals surface area contributed by atoms with Crippen molar-refractivity contribution in [2.45, 2.75) is 154 Å². The van der Waals surface area contributed by atoms with Crippen molar-refractivity contribution in [3.05, 3.63) is 0 Å². The minimum atomic E-state index is -1.16. The Labute approximate surface area is 301 Å². The van der Waals surface area contributed by atoms with Crippen molar-refractivity contribution in [2.75, 3.05) is 48.4 Å². The number of amides is 1. The number of alkyl carbamates (subject to hydrolysis) is 1. The van der Waals surface area contributed by atoms with E-state index in [-0.39, 0.29) is 36.3 Å². The van der Waals surface area contributed by atoms with Crippen LogP contribution in [0.5, 0.6) is 0 Å². The third kappa shape index (κ3) is 9.19. The SMILES string of the molecule is CCC1C(=O)O[C@H](CC)[C@@]2(C)OC(=O)N[C@@H]2[C@@H](C)N(C)C[C@H](C)C[C@@](C)(OC)[C@H](OC2OC(CN(C)C(C)C)CC(N(C)C)C2O)[C@@H](C)C1=O. The first-order valence-electron chi connectivity index (χ1n) is 18.6. The van der Waals surface area contributed by atoms with Crippen molar-refractivity contribution >= 4 is 17.8 Å². The number of methoxy groups -OCH3 is 1. The summed E-state index contributed by atoms with van der Waals surface area (Å²) in [6.07, 6.45) is -2.83. The van der Waals surface area contributed by atoms with Gasteiger partial charge in [0.1, 0.15) is 18.1 Å². The van der Waals surface area contributed by atoms with Gasteiger partial charge in [-0.25, -0.2) is 4.79 Å². The average molecular weight is 713 g/mol. The van der Waals surface area contributed by atoms with E-state index >= 15 is 0 Å². The largest absolute Gasteiger partial charge is 0.457 e. The van der Waals surface area contributed by atoms with E-state index in [1.165, 1.54) is 0 Å². The third-order valence-electron chi connectivity index (χ3n) is 11.8. The smallest absolute Gasteiger partial charge is 0.408 e. The standard InChI is InChI=1S/C37H68N4O9/c1-15-26-29(42)23(6)32(49-34-30(43)27(39(10)11)17-25(47-34)20-40(12)21(3)4)36(8,46-14)18-22(5)19-41(13)24(7)31-37(9,50-35(45)38-31)28(16-2)48-33(26)44/h21-28,30-32,34,43H,15-20H2,1-14H3,(H,38,45)/t22-,23+,24-,25?,26?,27?,28-,30?,31-,32-,34?,36-,37-/m1/s1. The number of nitrogens with zero attached hydrogens (tertiary/aromatic N) is 3. The molecule has 3 fully saturated rings. The molecule has 1 amide bonds. The Morgan fingerprint density at radius 2 is 1.72 bits per heavy atom. The quantitative estimate of drug-likeness (QED) is 0.268. The Balaban J connectivity index is 2.09. The summed E-state index contributed by atoms with van der Waals surface area (Å²) in [7, 11) is 9.51. The Hall–Kier alpha value is -1.87. The summed E-state index contributed by atoms with van der Waals surface area (Å²) < 4.78 is 31.6. The van der Waals surface area contributed by atoms with Gasteiger partial charge in [-0.2, -0.15) is 0 Å². The van der Waals surface area contributed by atoms with Crippen molar-refractivity contribution in [3.8, 4) is 0 Å². The molecule has 290 valence electrons. The van der Waals surface area contributed by atoms with E-state index in [0.29, 0.717) is 38.4 Å². The average Bonchev–Trinajstić information content (AvgIpc) is 3.36. The van der Waals surface area contributed by atoms with Crippen molar-refractivity contribution in [3.63, 3.8) is 0 Å². The first kappa shape index (κ1) is 42.5. The molecule has 0 bridgehead atoms. The molecule has 0 aromatic rings. The molecule has 0 aromatic heterocycles. The summed E-state index contributed by atoms with van der Waals surface area (Å²) in [5.41, 5.74) is -2.18. The summed E-state index contributed by atoms with van der Waals surface area (Å²) in [5, 5.41) is 14.6. The van der Waals surface area contributed by atoms with Crippen molar-refractivity contribution in [2.24, 2.45) is 17.8 Å². The molecule has 13 atom stereocenters. The van der Waals surface area contributed by atoms with Crippen LogP contribution in [0, 0.1) is 17.8 Å². The lowest BCUT2D eigenvalue weighted by molar-refractivity contribution is -0.299. The van der Waals surface area contributed by atoms with Gasteiger partial charge in [-0.15, -0.1) is 0 Å². The molecular formula is C37H68N4O9. The summed E-state index contributed by atoms with van der Waals surface area (Å²) in [6.45, 7) is 18.8. The minimum absolute atomic E-state index is 0.0381. The number of ether oxygens (including phenoxy) is 5. The number of rotatable bonds is 9. The molecule has 3 heterocycles. The highest BCUT2D eigenvalue weighted by atomic mass is 16.7. The summed E-state index contributed by atoms with van der Waals surface area (Å²) >= 11 is 0. The first-order valence-corrected chi connectivity index (χ1v) is 18.6. The number of hydrogen-bond donors (Lipinski definition) is 2. The van der Waals surface area contributed by atoms with Gasteiger partial charge in [-0.3, -0.25) is 9.59 Å². The fourth-order valence-corrected chi connectivity index (χ4v) is 8.32. The fraction of sp³-hybridized carbons (Fsp3) is 0.919. The lowest BCUT2D eigenvalue weighted by atomic mass is 9.77. The van der Waals surface area contributed by atoms with Crippen LogP contribution in [0.4, 0.5) is 4.79 Å². The first-order chi connectivity index (χ1) is 23.2. The second-order valence-corrected chi connectivity index (χ2v) is 16.2. The predicted molar refractivity (Wildman–Crippen MR) is 191 cm³/mol. The maximum absolute atomic E-state index is 14.5. The molecule has 50 heavy (non-hydrogen) atoms. The maximum Gasteiger partial charge on any atom is 0.408 e. The molecule has 5 unspecified atom stereocenters. The molecule has 3 saturated heterocycles. The van der Waals surface area contributed by atoms with Gasteiger partial charge in [0.15, 0.2) is 17.7 Å². The topological polar surface area (TPSA) is 139 Å². The number of fused-ring (bicyclic) bond motifs is 1. The Morgan fingerprint density at radius 3 is 2.26 bits per heavy atom. The molecule has 0 spiro atoms. The Kier molecular flexibility index (Phi) is 14.7. The Morgan fingerprint density at radius 1 is 1.08 bits per heavy atom. The molecule has 13 heteroatoms. The van der Waals surface area contributed by atoms with Gasteiger partial charge < -0.3 is 48.8 Å². The molecular weight excluding hydrogens is 644 g/mol. The number of ketones is 1. The number of carbonyl (C=O) groups is 3. The molecule has 3 aliphatic heterocycles. The van der Waals surface area contributed by atoms with Crippen LogP contribution in [0.1, 0.15) is 88.0 Å². The summed E-state index contributed by atoms with van der Waals surface area (Å²) in [4.78, 5) is 47.5. The van der Waals surface area contributed by atoms with Crippen LogP contribution in [0.3, 0.4) is 0 Å². The zero-order chi connectivity index (χ0) is 37.9. The molecule has 2 N–H and O–H groups in total. The van der Waals surface area contributed by atoms with E-state index < -0.39 is 65.7 Å². The normalized spacial score (nSPS) is 41.4. The van der Waals surface area contributed by atoms with Crippen LogP contribution in [0.2, 0.25) is 0 Å². The van der Waals surface area contributed by atoms with Gasteiger partial charge in [0, 0.05) is 44.2 Å². The van der Waals surface area contributed by atoms with Gasteiger partial charge in [0.2, 0.25) is 0 Å². The molecule has 13 nitrogen and oxygen atoms in total. The van der Waals surface area contributed by atoms with Crippen LogP contribution < -0.4 is 5.32 Å². The molecule has 0 radical (unpaired) electrons. The highest BCUT2D eigenvalue weighted by Crippen LogP contribution is 2.39. The zero-order valence-electron chi connectivity index (χ0n) is 33.2. The second-order valence-electron chi connectivity index (χ2n) is 16.2.